The van der Waals surface area contributed by atoms with Crippen LogP contribution in [0.2, 0.25) is 0 Å². The van der Waals surface area contributed by atoms with Gasteiger partial charge in [0.1, 0.15) is 0 Å². The fraction of sp³-hybridized carbons (Fsp3) is 0.375. The molecule has 0 aromatic heterocycles. The van der Waals surface area contributed by atoms with Crippen molar-refractivity contribution in [2.75, 3.05) is 0 Å². The van der Waals surface area contributed by atoms with Gasteiger partial charge in [0.05, 0.1) is 0 Å². The summed E-state index contributed by atoms with van der Waals surface area (Å²) in [6, 6.07) is 12.3. The summed E-state index contributed by atoms with van der Waals surface area (Å²) in [7, 11) is 0. The second kappa shape index (κ2) is 8.39. The minimum absolute atomic E-state index is 0. The van der Waals surface area contributed by atoms with Gasteiger partial charge in [-0.3, -0.25) is 0 Å². The Balaban J connectivity index is 0.000000364. The molecule has 2 aromatic rings. The van der Waals surface area contributed by atoms with Crippen molar-refractivity contribution in [2.24, 2.45) is 0 Å². The van der Waals surface area contributed by atoms with Crippen LogP contribution in [-0.4, -0.2) is 0 Å². The molecule has 0 aliphatic carbocycles. The van der Waals surface area contributed by atoms with Gasteiger partial charge in [-0.15, -0.1) is 0 Å². The van der Waals surface area contributed by atoms with Crippen LogP contribution < -0.4 is 0 Å². The zero-order chi connectivity index (χ0) is 15.2. The second-order valence-corrected chi connectivity index (χ2v) is 4.46. The van der Waals surface area contributed by atoms with Crippen LogP contribution in [0.15, 0.2) is 48.5 Å². The van der Waals surface area contributed by atoms with E-state index in [0.717, 1.165) is 0 Å². The summed E-state index contributed by atoms with van der Waals surface area (Å²) in [6.07, 6.45) is -0.256. The van der Waals surface area contributed by atoms with Crippen LogP contribution in [0, 0.1) is 0 Å². The number of hydrogen-bond acceptors (Lipinski definition) is 0. The maximum atomic E-state index is 12.7. The largest absolute Gasteiger partial charge is 2.00 e. The van der Waals surface area contributed by atoms with E-state index < -0.39 is 11.8 Å². The van der Waals surface area contributed by atoms with Crippen LogP contribution in [0.3, 0.4) is 0 Å². The molecule has 0 amide bonds. The molecule has 1 radical (unpaired) electrons. The zero-order valence-electron chi connectivity index (χ0n) is 11.9. The number of rotatable bonds is 4. The molecule has 0 nitrogen and oxygen atoms in total. The summed E-state index contributed by atoms with van der Waals surface area (Å²) in [5.74, 6) is -5.27. The summed E-state index contributed by atoms with van der Waals surface area (Å²) >= 11 is 0. The van der Waals surface area contributed by atoms with Gasteiger partial charge in [-0.05, 0) is 0 Å². The molecule has 0 fully saturated rings. The predicted molar refractivity (Wildman–Crippen MR) is 72.4 cm³/mol. The van der Waals surface area contributed by atoms with Gasteiger partial charge in [-0.25, -0.2) is 41.8 Å². The molecule has 0 aliphatic rings. The van der Waals surface area contributed by atoms with Crippen molar-refractivity contribution in [3.63, 3.8) is 0 Å². The Morgan fingerprint density at radius 2 is 0.905 bits per heavy atom. The Morgan fingerprint density at radius 1 is 0.667 bits per heavy atom. The van der Waals surface area contributed by atoms with E-state index in [-0.39, 0.29) is 40.7 Å². The molecular formula is C16H18CoF4. The quantitative estimate of drug-likeness (QED) is 0.484. The first-order valence-electron chi connectivity index (χ1n) is 6.53. The topological polar surface area (TPSA) is 0 Å². The molecule has 0 unspecified atom stereocenters. The number of halogens is 4. The Labute approximate surface area is 133 Å². The average molecular weight is 345 g/mol. The third-order valence-electron chi connectivity index (χ3n) is 3.06. The van der Waals surface area contributed by atoms with Crippen molar-refractivity contribution >= 4 is 0 Å². The van der Waals surface area contributed by atoms with Crippen molar-refractivity contribution in [1.29, 1.82) is 0 Å². The van der Waals surface area contributed by atoms with E-state index in [1.54, 1.807) is 24.3 Å². The Hall–Kier alpha value is -1.07. The maximum Gasteiger partial charge on any atom is 2.00 e. The van der Waals surface area contributed by atoms with E-state index in [2.05, 4.69) is 0 Å². The third-order valence-corrected chi connectivity index (χ3v) is 3.06. The predicted octanol–water partition coefficient (Wildman–Crippen LogP) is 5.81. The molecule has 0 saturated heterocycles. The Kier molecular flexibility index (Phi) is 7.96. The monoisotopic (exact) mass is 345 g/mol. The third kappa shape index (κ3) is 5.67. The molecule has 2 aromatic carbocycles. The minimum Gasteiger partial charge on any atom is -0.216 e. The van der Waals surface area contributed by atoms with E-state index in [1.807, 2.05) is 0 Å². The number of hydrogen-bond donors (Lipinski definition) is 0. The van der Waals surface area contributed by atoms with Gasteiger partial charge in [-0.1, -0.05) is 25.0 Å². The Bertz CT molecular complexity index is 426. The molecule has 0 spiro atoms. The molecule has 21 heavy (non-hydrogen) atoms. The maximum absolute atomic E-state index is 12.7. The fourth-order valence-corrected chi connectivity index (χ4v) is 1.64. The van der Waals surface area contributed by atoms with Crippen LogP contribution in [0.4, 0.5) is 17.6 Å². The number of alkyl halides is 4. The summed E-state index contributed by atoms with van der Waals surface area (Å²) in [5.41, 5.74) is 0.241. The molecule has 119 valence electrons. The van der Waals surface area contributed by atoms with Crippen molar-refractivity contribution in [1.82, 2.24) is 0 Å². The van der Waals surface area contributed by atoms with E-state index in [9.17, 15) is 17.6 Å². The van der Waals surface area contributed by atoms with Gasteiger partial charge in [0, 0.05) is 12.8 Å². The molecule has 0 N–H and O–H groups in total. The van der Waals surface area contributed by atoms with Gasteiger partial charge in [0.25, 0.3) is 0 Å². The van der Waals surface area contributed by atoms with Crippen LogP contribution in [0.25, 0.3) is 0 Å². The van der Waals surface area contributed by atoms with Crippen molar-refractivity contribution in [2.45, 2.75) is 38.5 Å². The van der Waals surface area contributed by atoms with E-state index >= 15 is 0 Å². The van der Waals surface area contributed by atoms with Crippen LogP contribution in [0.5, 0.6) is 0 Å². The second-order valence-electron chi connectivity index (χ2n) is 4.46. The van der Waals surface area contributed by atoms with Gasteiger partial charge in [-0.2, -0.15) is 24.3 Å². The standard InChI is InChI=1S/2C8H9F2.Co/c2*1-2-8(9,10)7-5-3-4-6-7;/h2*3-6H,2H2,1H3;/q2*-1;+2. The summed E-state index contributed by atoms with van der Waals surface area (Å²) < 4.78 is 50.9. The Morgan fingerprint density at radius 3 is 1.10 bits per heavy atom. The average Bonchev–Trinajstić information content (AvgIpc) is 3.12. The van der Waals surface area contributed by atoms with Gasteiger partial charge >= 0.3 is 16.8 Å². The first kappa shape index (κ1) is 19.9. The van der Waals surface area contributed by atoms with Crippen molar-refractivity contribution in [3.05, 3.63) is 59.7 Å². The fourth-order valence-electron chi connectivity index (χ4n) is 1.64. The van der Waals surface area contributed by atoms with Gasteiger partial charge in [0.15, 0.2) is 0 Å². The summed E-state index contributed by atoms with van der Waals surface area (Å²) in [6.45, 7) is 2.96. The summed E-state index contributed by atoms with van der Waals surface area (Å²) in [4.78, 5) is 0. The molecule has 5 heteroatoms. The normalized spacial score (nSPS) is 11.3. The molecular weight excluding hydrogens is 327 g/mol. The molecule has 0 bridgehead atoms. The van der Waals surface area contributed by atoms with Crippen molar-refractivity contribution < 1.29 is 34.3 Å². The summed E-state index contributed by atoms with van der Waals surface area (Å²) in [5, 5.41) is 0. The molecule has 0 aliphatic heterocycles. The smallest absolute Gasteiger partial charge is 0.216 e. The van der Waals surface area contributed by atoms with Gasteiger partial charge in [0.2, 0.25) is 11.8 Å². The molecule has 2 rings (SSSR count). The first-order chi connectivity index (χ1) is 9.33. The van der Waals surface area contributed by atoms with Crippen molar-refractivity contribution in [3.8, 4) is 0 Å². The SMILES string of the molecule is CCC(F)(F)[c-]1cccc1.CCC(F)(F)[c-]1cccc1.[Co+2]. The van der Waals surface area contributed by atoms with Gasteiger partial charge < -0.3 is 0 Å². The van der Waals surface area contributed by atoms with E-state index in [1.165, 1.54) is 38.1 Å². The molecule has 0 saturated carbocycles. The zero-order valence-corrected chi connectivity index (χ0v) is 12.9. The van der Waals surface area contributed by atoms with Crippen LogP contribution in [-0.2, 0) is 28.6 Å². The van der Waals surface area contributed by atoms with Crippen LogP contribution >= 0.6 is 0 Å². The minimum atomic E-state index is -2.64. The van der Waals surface area contributed by atoms with E-state index in [0.29, 0.717) is 0 Å². The molecule has 0 heterocycles. The van der Waals surface area contributed by atoms with E-state index in [4.69, 9.17) is 0 Å². The van der Waals surface area contributed by atoms with Crippen LogP contribution in [0.1, 0.15) is 37.8 Å². The first-order valence-corrected chi connectivity index (χ1v) is 6.53. The molecule has 0 atom stereocenters.